The van der Waals surface area contributed by atoms with Crippen molar-refractivity contribution in [2.24, 2.45) is 0 Å². The van der Waals surface area contributed by atoms with Crippen LogP contribution in [0, 0.1) is 6.92 Å². The average Bonchev–Trinajstić information content (AvgIpc) is 2.89. The maximum Gasteiger partial charge on any atom is 0.230 e. The summed E-state index contributed by atoms with van der Waals surface area (Å²) in [5.41, 5.74) is 1.11. The second-order valence-corrected chi connectivity index (χ2v) is 4.81. The number of hydrogen-bond acceptors (Lipinski definition) is 4. The van der Waals surface area contributed by atoms with Gasteiger partial charge in [0.1, 0.15) is 5.76 Å². The highest BCUT2D eigenvalue weighted by Crippen LogP contribution is 2.14. The zero-order valence-corrected chi connectivity index (χ0v) is 10.9. The first-order valence-electron chi connectivity index (χ1n) is 5.58. The molecule has 0 spiro atoms. The Bertz CT molecular complexity index is 494. The third-order valence-electron chi connectivity index (χ3n) is 2.28. The zero-order chi connectivity index (χ0) is 12.8. The first kappa shape index (κ1) is 12.7. The van der Waals surface area contributed by atoms with Crippen LogP contribution >= 0.6 is 11.8 Å². The normalized spacial score (nSPS) is 10.3. The number of thioether (sulfide) groups is 1. The molecule has 1 amide bonds. The van der Waals surface area contributed by atoms with Crippen LogP contribution in [0.15, 0.2) is 46.2 Å². The molecule has 0 aromatic carbocycles. The second kappa shape index (κ2) is 6.26. The molecular weight excluding hydrogens is 248 g/mol. The Labute approximate surface area is 110 Å². The van der Waals surface area contributed by atoms with Crippen molar-refractivity contribution in [2.75, 3.05) is 5.75 Å². The number of nitrogens with one attached hydrogen (secondary N) is 1. The van der Waals surface area contributed by atoms with Crippen molar-refractivity contribution in [3.63, 3.8) is 0 Å². The van der Waals surface area contributed by atoms with Crippen molar-refractivity contribution < 1.29 is 9.21 Å². The van der Waals surface area contributed by atoms with Crippen molar-refractivity contribution in [2.45, 2.75) is 18.5 Å². The minimum atomic E-state index is -0.0289. The van der Waals surface area contributed by atoms with Gasteiger partial charge in [-0.05, 0) is 30.7 Å². The number of carbonyl (C=O) groups excluding carboxylic acids is 1. The van der Waals surface area contributed by atoms with Crippen molar-refractivity contribution in [1.82, 2.24) is 10.3 Å². The molecule has 2 aromatic rings. The largest absolute Gasteiger partial charge is 0.467 e. The van der Waals surface area contributed by atoms with E-state index in [4.69, 9.17) is 4.42 Å². The van der Waals surface area contributed by atoms with Crippen LogP contribution in [-0.4, -0.2) is 16.6 Å². The van der Waals surface area contributed by atoms with E-state index >= 15 is 0 Å². The quantitative estimate of drug-likeness (QED) is 0.841. The third-order valence-corrected chi connectivity index (χ3v) is 3.22. The molecule has 5 heteroatoms. The van der Waals surface area contributed by atoms with E-state index in [0.29, 0.717) is 12.3 Å². The van der Waals surface area contributed by atoms with E-state index in [0.717, 1.165) is 16.3 Å². The Balaban J connectivity index is 1.73. The number of pyridine rings is 1. The fraction of sp³-hybridized carbons (Fsp3) is 0.231. The van der Waals surface area contributed by atoms with Crippen LogP contribution in [0.4, 0.5) is 0 Å². The molecule has 94 valence electrons. The van der Waals surface area contributed by atoms with E-state index in [-0.39, 0.29) is 5.91 Å². The van der Waals surface area contributed by atoms with E-state index in [1.54, 1.807) is 18.5 Å². The average molecular weight is 262 g/mol. The lowest BCUT2D eigenvalue weighted by Crippen LogP contribution is -2.24. The number of furan rings is 1. The van der Waals surface area contributed by atoms with Gasteiger partial charge in [-0.2, -0.15) is 0 Å². The molecule has 0 saturated heterocycles. The summed E-state index contributed by atoms with van der Waals surface area (Å²) >= 11 is 1.42. The van der Waals surface area contributed by atoms with E-state index in [9.17, 15) is 4.79 Å². The Morgan fingerprint density at radius 1 is 1.44 bits per heavy atom. The highest BCUT2D eigenvalue weighted by Gasteiger charge is 2.04. The Kier molecular flexibility index (Phi) is 4.41. The maximum atomic E-state index is 11.6. The molecule has 2 heterocycles. The Hall–Kier alpha value is -1.75. The molecule has 18 heavy (non-hydrogen) atoms. The summed E-state index contributed by atoms with van der Waals surface area (Å²) in [6.45, 7) is 2.41. The van der Waals surface area contributed by atoms with Gasteiger partial charge in [-0.1, -0.05) is 17.8 Å². The summed E-state index contributed by atoms with van der Waals surface area (Å²) in [5, 5.41) is 3.64. The molecule has 0 aliphatic rings. The van der Waals surface area contributed by atoms with E-state index < -0.39 is 0 Å². The standard InChI is InChI=1S/C13H14N2O2S/c1-10-4-5-13(15-7-10)18-9-12(16)14-8-11-3-2-6-17-11/h2-7H,8-9H2,1H3,(H,14,16). The summed E-state index contributed by atoms with van der Waals surface area (Å²) in [4.78, 5) is 15.8. The molecule has 2 aromatic heterocycles. The van der Waals surface area contributed by atoms with Gasteiger partial charge in [-0.15, -0.1) is 0 Å². The lowest BCUT2D eigenvalue weighted by atomic mass is 10.3. The first-order valence-corrected chi connectivity index (χ1v) is 6.57. The number of rotatable bonds is 5. The Morgan fingerprint density at radius 2 is 2.33 bits per heavy atom. The van der Waals surface area contributed by atoms with Gasteiger partial charge in [0, 0.05) is 6.20 Å². The third kappa shape index (κ3) is 3.92. The van der Waals surface area contributed by atoms with Crippen LogP contribution < -0.4 is 5.32 Å². The van der Waals surface area contributed by atoms with Gasteiger partial charge in [0.2, 0.25) is 5.91 Å². The summed E-state index contributed by atoms with van der Waals surface area (Å²) in [6, 6.07) is 7.53. The van der Waals surface area contributed by atoms with Gasteiger partial charge >= 0.3 is 0 Å². The minimum absolute atomic E-state index is 0.0289. The van der Waals surface area contributed by atoms with Gasteiger partial charge in [-0.25, -0.2) is 4.98 Å². The zero-order valence-electron chi connectivity index (χ0n) is 10.1. The number of amides is 1. The highest BCUT2D eigenvalue weighted by atomic mass is 32.2. The molecule has 0 fully saturated rings. The summed E-state index contributed by atoms with van der Waals surface area (Å²) in [5.74, 6) is 1.08. The summed E-state index contributed by atoms with van der Waals surface area (Å²) < 4.78 is 5.13. The number of carbonyl (C=O) groups is 1. The summed E-state index contributed by atoms with van der Waals surface area (Å²) in [6.07, 6.45) is 3.38. The Morgan fingerprint density at radius 3 is 3.00 bits per heavy atom. The maximum absolute atomic E-state index is 11.6. The predicted molar refractivity (Wildman–Crippen MR) is 70.3 cm³/mol. The van der Waals surface area contributed by atoms with Crippen LogP contribution in [0.3, 0.4) is 0 Å². The minimum Gasteiger partial charge on any atom is -0.467 e. The van der Waals surface area contributed by atoms with Crippen LogP contribution in [0.2, 0.25) is 0 Å². The molecule has 0 atom stereocenters. The molecule has 4 nitrogen and oxygen atoms in total. The van der Waals surface area contributed by atoms with Crippen LogP contribution in [0.5, 0.6) is 0 Å². The molecule has 0 saturated carbocycles. The molecule has 2 rings (SSSR count). The van der Waals surface area contributed by atoms with Gasteiger partial charge in [0.25, 0.3) is 0 Å². The molecule has 0 bridgehead atoms. The van der Waals surface area contributed by atoms with E-state index in [1.165, 1.54) is 11.8 Å². The van der Waals surface area contributed by atoms with Gasteiger partial charge in [0.05, 0.1) is 23.6 Å². The molecular formula is C13H14N2O2S. The molecule has 0 unspecified atom stereocenters. The molecule has 0 aliphatic carbocycles. The topological polar surface area (TPSA) is 55.1 Å². The SMILES string of the molecule is Cc1ccc(SCC(=O)NCc2ccco2)nc1. The van der Waals surface area contributed by atoms with Crippen molar-refractivity contribution in [3.8, 4) is 0 Å². The lowest BCUT2D eigenvalue weighted by molar-refractivity contribution is -0.118. The smallest absolute Gasteiger partial charge is 0.230 e. The molecule has 1 N–H and O–H groups in total. The predicted octanol–water partition coefficient (Wildman–Crippen LogP) is 2.39. The van der Waals surface area contributed by atoms with E-state index in [2.05, 4.69) is 10.3 Å². The van der Waals surface area contributed by atoms with Gasteiger partial charge < -0.3 is 9.73 Å². The van der Waals surface area contributed by atoms with Crippen molar-refractivity contribution >= 4 is 17.7 Å². The fourth-order valence-electron chi connectivity index (χ4n) is 1.33. The number of hydrogen-bond donors (Lipinski definition) is 1. The van der Waals surface area contributed by atoms with Crippen molar-refractivity contribution in [1.29, 1.82) is 0 Å². The van der Waals surface area contributed by atoms with Crippen LogP contribution in [0.25, 0.3) is 0 Å². The second-order valence-electron chi connectivity index (χ2n) is 3.82. The molecule has 0 aliphatic heterocycles. The highest BCUT2D eigenvalue weighted by molar-refractivity contribution is 7.99. The van der Waals surface area contributed by atoms with Gasteiger partial charge in [-0.3, -0.25) is 4.79 Å². The monoisotopic (exact) mass is 262 g/mol. The lowest BCUT2D eigenvalue weighted by Gasteiger charge is -2.03. The van der Waals surface area contributed by atoms with E-state index in [1.807, 2.05) is 25.1 Å². The number of aromatic nitrogens is 1. The van der Waals surface area contributed by atoms with Crippen LogP contribution in [0.1, 0.15) is 11.3 Å². The summed E-state index contributed by atoms with van der Waals surface area (Å²) in [7, 11) is 0. The van der Waals surface area contributed by atoms with Crippen LogP contribution in [-0.2, 0) is 11.3 Å². The number of aryl methyl sites for hydroxylation is 1. The first-order chi connectivity index (χ1) is 8.74. The fourth-order valence-corrected chi connectivity index (χ4v) is 2.00. The van der Waals surface area contributed by atoms with Crippen molar-refractivity contribution in [3.05, 3.63) is 48.0 Å². The molecule has 0 radical (unpaired) electrons. The number of nitrogens with zero attached hydrogens (tertiary/aromatic N) is 1. The van der Waals surface area contributed by atoms with Gasteiger partial charge in [0.15, 0.2) is 0 Å².